The van der Waals surface area contributed by atoms with Gasteiger partial charge in [0.1, 0.15) is 6.04 Å². The lowest BCUT2D eigenvalue weighted by atomic mass is 10.2. The van der Waals surface area contributed by atoms with Gasteiger partial charge in [-0.15, -0.1) is 0 Å². The van der Waals surface area contributed by atoms with Gasteiger partial charge >= 0.3 is 6.03 Å². The monoisotopic (exact) mass is 442 g/mol. The second-order valence-electron chi connectivity index (χ2n) is 6.97. The third-order valence-electron chi connectivity index (χ3n) is 4.76. The van der Waals surface area contributed by atoms with Crippen LogP contribution in [0, 0.1) is 6.92 Å². The van der Waals surface area contributed by atoms with Crippen LogP contribution in [-0.2, 0) is 14.8 Å². The first-order chi connectivity index (χ1) is 13.8. The van der Waals surface area contributed by atoms with E-state index in [2.05, 4.69) is 10.0 Å². The summed E-state index contributed by atoms with van der Waals surface area (Å²) >= 11 is 1.57. The summed E-state index contributed by atoms with van der Waals surface area (Å²) in [6.07, 6.45) is 2.36. The molecule has 0 saturated carbocycles. The van der Waals surface area contributed by atoms with Crippen molar-refractivity contribution in [2.24, 2.45) is 0 Å². The van der Waals surface area contributed by atoms with E-state index in [9.17, 15) is 18.0 Å². The number of nitrogens with one attached hydrogen (secondary N) is 2. The van der Waals surface area contributed by atoms with Crippen LogP contribution >= 0.6 is 11.8 Å². The number of amides is 3. The van der Waals surface area contributed by atoms with Crippen LogP contribution in [0.2, 0.25) is 0 Å². The predicted octanol–water partition coefficient (Wildman–Crippen LogP) is 1.73. The Morgan fingerprint density at radius 2 is 1.83 bits per heavy atom. The minimum atomic E-state index is -3.48. The highest BCUT2D eigenvalue weighted by Gasteiger charge is 2.30. The Labute approximate surface area is 177 Å². The summed E-state index contributed by atoms with van der Waals surface area (Å²) in [5, 5.41) is 2.87. The average molecular weight is 443 g/mol. The third kappa shape index (κ3) is 7.20. The summed E-state index contributed by atoms with van der Waals surface area (Å²) in [6, 6.07) is 6.61. The summed E-state index contributed by atoms with van der Waals surface area (Å²) in [4.78, 5) is 28.7. The Bertz CT molecular complexity index is 808. The van der Waals surface area contributed by atoms with Crippen LogP contribution in [0.5, 0.6) is 0 Å². The van der Waals surface area contributed by atoms with Crippen molar-refractivity contribution in [2.45, 2.75) is 26.3 Å². The largest absolute Gasteiger partial charge is 0.338 e. The molecule has 0 radical (unpaired) electrons. The van der Waals surface area contributed by atoms with Gasteiger partial charge in [0, 0.05) is 31.9 Å². The summed E-state index contributed by atoms with van der Waals surface area (Å²) in [7, 11) is -3.48. The second-order valence-corrected chi connectivity index (χ2v) is 10.00. The maximum Gasteiger partial charge on any atom is 0.321 e. The highest BCUT2D eigenvalue weighted by Crippen LogP contribution is 2.13. The Morgan fingerprint density at radius 1 is 1.17 bits per heavy atom. The summed E-state index contributed by atoms with van der Waals surface area (Å²) < 4.78 is 26.4. The molecule has 1 aromatic carbocycles. The zero-order valence-electron chi connectivity index (χ0n) is 17.2. The fraction of sp³-hybridized carbons (Fsp3) is 0.579. The summed E-state index contributed by atoms with van der Waals surface area (Å²) in [5.74, 6) is 0.389. The number of hydrogen-bond acceptors (Lipinski definition) is 5. The van der Waals surface area contributed by atoms with Crippen molar-refractivity contribution in [1.82, 2.24) is 14.5 Å². The highest BCUT2D eigenvalue weighted by atomic mass is 32.2. The van der Waals surface area contributed by atoms with Crippen molar-refractivity contribution in [3.63, 3.8) is 0 Å². The molecule has 1 aliphatic heterocycles. The molecule has 1 unspecified atom stereocenters. The lowest BCUT2D eigenvalue weighted by Crippen LogP contribution is -2.56. The van der Waals surface area contributed by atoms with Gasteiger partial charge in [-0.25, -0.2) is 17.9 Å². The van der Waals surface area contributed by atoms with E-state index in [1.807, 2.05) is 37.4 Å². The molecular weight excluding hydrogens is 412 g/mol. The molecule has 0 aromatic heterocycles. The number of sulfonamides is 1. The Hall–Kier alpha value is -1.78. The van der Waals surface area contributed by atoms with E-state index in [0.29, 0.717) is 38.4 Å². The van der Waals surface area contributed by atoms with Crippen molar-refractivity contribution < 1.29 is 18.0 Å². The van der Waals surface area contributed by atoms with E-state index in [0.717, 1.165) is 11.3 Å². The maximum absolute atomic E-state index is 12.9. The lowest BCUT2D eigenvalue weighted by molar-refractivity contribution is -0.134. The van der Waals surface area contributed by atoms with Gasteiger partial charge in [0.2, 0.25) is 15.9 Å². The number of anilines is 1. The number of carbonyl (C=O) groups is 2. The SMILES string of the molecule is CCS(=O)(=O)NC(CCSC)C(=O)N1CCN(C(=O)Nc2cccc(C)c2)CC1. The third-order valence-corrected chi connectivity index (χ3v) is 6.81. The van der Waals surface area contributed by atoms with E-state index >= 15 is 0 Å². The predicted molar refractivity (Wildman–Crippen MR) is 118 cm³/mol. The van der Waals surface area contributed by atoms with Crippen LogP contribution in [0.25, 0.3) is 0 Å². The summed E-state index contributed by atoms with van der Waals surface area (Å²) in [5.41, 5.74) is 1.80. The molecule has 2 N–H and O–H groups in total. The number of benzene rings is 1. The molecule has 1 aromatic rings. The maximum atomic E-state index is 12.9. The van der Waals surface area contributed by atoms with E-state index in [-0.39, 0.29) is 17.7 Å². The normalized spacial score (nSPS) is 15.8. The molecule has 162 valence electrons. The van der Waals surface area contributed by atoms with Gasteiger partial charge in [-0.2, -0.15) is 11.8 Å². The van der Waals surface area contributed by atoms with Crippen molar-refractivity contribution in [3.8, 4) is 0 Å². The first-order valence-corrected chi connectivity index (χ1v) is 12.7. The van der Waals surface area contributed by atoms with Crippen molar-refractivity contribution in [1.29, 1.82) is 0 Å². The first-order valence-electron chi connectivity index (χ1n) is 9.66. The number of carbonyl (C=O) groups excluding carboxylic acids is 2. The molecule has 1 heterocycles. The molecule has 0 aliphatic carbocycles. The van der Waals surface area contributed by atoms with Crippen LogP contribution in [0.4, 0.5) is 10.5 Å². The standard InChI is InChI=1S/C19H30N4O4S2/c1-4-29(26,27)21-17(8-13-28-3)18(24)22-9-11-23(12-10-22)19(25)20-16-7-5-6-15(2)14-16/h5-7,14,17,21H,4,8-13H2,1-3H3,(H,20,25). The van der Waals surface area contributed by atoms with Gasteiger partial charge in [0.25, 0.3) is 0 Å². The Morgan fingerprint density at radius 3 is 2.41 bits per heavy atom. The molecule has 3 amide bonds. The summed E-state index contributed by atoms with van der Waals surface area (Å²) in [6.45, 7) is 5.07. The minimum absolute atomic E-state index is 0.0665. The van der Waals surface area contributed by atoms with Gasteiger partial charge in [0.05, 0.1) is 5.75 Å². The zero-order chi connectivity index (χ0) is 21.4. The van der Waals surface area contributed by atoms with E-state index < -0.39 is 16.1 Å². The molecule has 1 aliphatic rings. The van der Waals surface area contributed by atoms with Crippen LogP contribution in [-0.4, -0.2) is 80.1 Å². The molecular formula is C19H30N4O4S2. The van der Waals surface area contributed by atoms with Crippen LogP contribution in [0.15, 0.2) is 24.3 Å². The smallest absolute Gasteiger partial charge is 0.321 e. The lowest BCUT2D eigenvalue weighted by Gasteiger charge is -2.36. The molecule has 2 rings (SSSR count). The first kappa shape index (κ1) is 23.5. The van der Waals surface area contributed by atoms with Gasteiger partial charge in [-0.1, -0.05) is 12.1 Å². The molecule has 1 saturated heterocycles. The van der Waals surface area contributed by atoms with Crippen molar-refractivity contribution in [2.75, 3.05) is 49.3 Å². The number of rotatable bonds is 8. The van der Waals surface area contributed by atoms with Gasteiger partial charge in [0.15, 0.2) is 0 Å². The van der Waals surface area contributed by atoms with Crippen molar-refractivity contribution >= 4 is 39.4 Å². The second kappa shape index (κ2) is 10.8. The van der Waals surface area contributed by atoms with Crippen LogP contribution in [0.3, 0.4) is 0 Å². The molecule has 29 heavy (non-hydrogen) atoms. The molecule has 1 atom stereocenters. The minimum Gasteiger partial charge on any atom is -0.338 e. The zero-order valence-corrected chi connectivity index (χ0v) is 18.8. The molecule has 0 bridgehead atoms. The quantitative estimate of drug-likeness (QED) is 0.639. The topological polar surface area (TPSA) is 98.8 Å². The number of hydrogen-bond donors (Lipinski definition) is 2. The van der Waals surface area contributed by atoms with Gasteiger partial charge < -0.3 is 15.1 Å². The molecule has 1 fully saturated rings. The van der Waals surface area contributed by atoms with E-state index in [1.165, 1.54) is 0 Å². The van der Waals surface area contributed by atoms with Crippen LogP contribution < -0.4 is 10.0 Å². The fourth-order valence-corrected chi connectivity index (χ4v) is 4.33. The van der Waals surface area contributed by atoms with Crippen molar-refractivity contribution in [3.05, 3.63) is 29.8 Å². The van der Waals surface area contributed by atoms with Gasteiger partial charge in [-0.05, 0) is 50.0 Å². The number of nitrogens with zero attached hydrogens (tertiary/aromatic N) is 2. The van der Waals surface area contributed by atoms with E-state index in [4.69, 9.17) is 0 Å². The van der Waals surface area contributed by atoms with Crippen LogP contribution in [0.1, 0.15) is 18.9 Å². The number of thioether (sulfide) groups is 1. The Balaban J connectivity index is 1.93. The molecule has 0 spiro atoms. The van der Waals surface area contributed by atoms with Gasteiger partial charge in [-0.3, -0.25) is 4.79 Å². The van der Waals surface area contributed by atoms with E-state index in [1.54, 1.807) is 28.5 Å². The molecule has 10 heteroatoms. The molecule has 8 nitrogen and oxygen atoms in total. The number of urea groups is 1. The fourth-order valence-electron chi connectivity index (χ4n) is 3.04. The number of piperazine rings is 1. The number of aryl methyl sites for hydroxylation is 1. The average Bonchev–Trinajstić information content (AvgIpc) is 2.70. The Kier molecular flexibility index (Phi) is 8.79. The highest BCUT2D eigenvalue weighted by molar-refractivity contribution is 7.98.